The number of nitrogens with two attached hydrogens (primary N) is 1. The fraction of sp³-hybridized carbons (Fsp3) is 0.500. The summed E-state index contributed by atoms with van der Waals surface area (Å²) in [5, 5.41) is 0.756. The second kappa shape index (κ2) is 5.50. The highest BCUT2D eigenvalue weighted by molar-refractivity contribution is 6.31. The molecule has 0 aliphatic rings. The van der Waals surface area contributed by atoms with Gasteiger partial charge in [0.25, 0.3) is 0 Å². The molecule has 0 aliphatic carbocycles. The van der Waals surface area contributed by atoms with Crippen molar-refractivity contribution in [3.8, 4) is 0 Å². The molecule has 0 spiro atoms. The third-order valence-electron chi connectivity index (χ3n) is 2.52. The fourth-order valence-electron chi connectivity index (χ4n) is 1.45. The molecule has 3 heteroatoms. The van der Waals surface area contributed by atoms with Gasteiger partial charge in [-0.2, -0.15) is 0 Å². The van der Waals surface area contributed by atoms with Crippen molar-refractivity contribution in [2.75, 3.05) is 6.61 Å². The van der Waals surface area contributed by atoms with Crippen molar-refractivity contribution in [1.82, 2.24) is 0 Å². The van der Waals surface area contributed by atoms with E-state index in [1.54, 1.807) is 0 Å². The van der Waals surface area contributed by atoms with Crippen LogP contribution in [0.1, 0.15) is 31.0 Å². The van der Waals surface area contributed by atoms with Gasteiger partial charge in [-0.15, -0.1) is 0 Å². The van der Waals surface area contributed by atoms with Crippen molar-refractivity contribution >= 4 is 11.6 Å². The van der Waals surface area contributed by atoms with Crippen LogP contribution in [0.15, 0.2) is 18.2 Å². The minimum atomic E-state index is -0.122. The van der Waals surface area contributed by atoms with Crippen molar-refractivity contribution < 1.29 is 4.74 Å². The molecule has 0 radical (unpaired) electrons. The van der Waals surface area contributed by atoms with Gasteiger partial charge in [0, 0.05) is 11.6 Å². The molecular weight excluding hydrogens is 210 g/mol. The van der Waals surface area contributed by atoms with E-state index in [0.717, 1.165) is 16.1 Å². The van der Waals surface area contributed by atoms with E-state index in [0.29, 0.717) is 6.61 Å². The van der Waals surface area contributed by atoms with Gasteiger partial charge in [0.15, 0.2) is 0 Å². The molecule has 1 aromatic carbocycles. The van der Waals surface area contributed by atoms with Gasteiger partial charge in [-0.05, 0) is 38.0 Å². The van der Waals surface area contributed by atoms with Gasteiger partial charge in [0.05, 0.1) is 12.1 Å². The smallest absolute Gasteiger partial charge is 0.0739 e. The molecule has 0 aromatic heterocycles. The van der Waals surface area contributed by atoms with Gasteiger partial charge < -0.3 is 10.5 Å². The van der Waals surface area contributed by atoms with Crippen LogP contribution in [-0.2, 0) is 4.74 Å². The van der Waals surface area contributed by atoms with E-state index in [1.165, 1.54) is 0 Å². The lowest BCUT2D eigenvalue weighted by Gasteiger charge is -2.20. The van der Waals surface area contributed by atoms with E-state index in [-0.39, 0.29) is 12.1 Å². The quantitative estimate of drug-likeness (QED) is 0.858. The van der Waals surface area contributed by atoms with E-state index in [2.05, 4.69) is 0 Å². The summed E-state index contributed by atoms with van der Waals surface area (Å²) in [7, 11) is 0. The van der Waals surface area contributed by atoms with E-state index < -0.39 is 0 Å². The monoisotopic (exact) mass is 227 g/mol. The summed E-state index contributed by atoms with van der Waals surface area (Å²) in [5.41, 5.74) is 8.15. The lowest BCUT2D eigenvalue weighted by Crippen LogP contribution is -2.26. The zero-order valence-electron chi connectivity index (χ0n) is 9.46. The molecule has 0 saturated heterocycles. The third-order valence-corrected chi connectivity index (χ3v) is 2.92. The maximum atomic E-state index is 6.06. The van der Waals surface area contributed by atoms with Gasteiger partial charge in [0.1, 0.15) is 0 Å². The third kappa shape index (κ3) is 3.20. The first-order valence-corrected chi connectivity index (χ1v) is 5.57. The highest BCUT2D eigenvalue weighted by atomic mass is 35.5. The van der Waals surface area contributed by atoms with E-state index in [4.69, 9.17) is 22.1 Å². The molecule has 0 heterocycles. The van der Waals surface area contributed by atoms with Crippen LogP contribution in [0.2, 0.25) is 5.02 Å². The molecule has 15 heavy (non-hydrogen) atoms. The van der Waals surface area contributed by atoms with E-state index in [9.17, 15) is 0 Å². The van der Waals surface area contributed by atoms with Crippen molar-refractivity contribution in [2.45, 2.75) is 32.9 Å². The summed E-state index contributed by atoms with van der Waals surface area (Å²) in [4.78, 5) is 0. The minimum Gasteiger partial charge on any atom is -0.377 e. The lowest BCUT2D eigenvalue weighted by atomic mass is 10.0. The number of hydrogen-bond donors (Lipinski definition) is 1. The van der Waals surface area contributed by atoms with Gasteiger partial charge in [-0.1, -0.05) is 23.7 Å². The number of rotatable bonds is 4. The van der Waals surface area contributed by atoms with Gasteiger partial charge in [0.2, 0.25) is 0 Å². The summed E-state index contributed by atoms with van der Waals surface area (Å²) in [6.45, 7) is 6.59. The number of ether oxygens (including phenoxy) is 1. The Morgan fingerprint density at radius 1 is 1.47 bits per heavy atom. The Labute approximate surface area is 96.4 Å². The Morgan fingerprint density at radius 3 is 2.67 bits per heavy atom. The Morgan fingerprint density at radius 2 is 2.13 bits per heavy atom. The number of benzene rings is 1. The van der Waals surface area contributed by atoms with Gasteiger partial charge >= 0.3 is 0 Å². The largest absolute Gasteiger partial charge is 0.377 e. The molecular formula is C12H18ClNO. The predicted octanol–water partition coefficient (Wildman–Crippen LogP) is 3.07. The predicted molar refractivity (Wildman–Crippen MR) is 64.2 cm³/mol. The van der Waals surface area contributed by atoms with Crippen LogP contribution in [-0.4, -0.2) is 12.7 Å². The van der Waals surface area contributed by atoms with E-state index in [1.807, 2.05) is 39.0 Å². The average molecular weight is 228 g/mol. The first-order chi connectivity index (χ1) is 7.06. The second-order valence-corrected chi connectivity index (χ2v) is 4.10. The topological polar surface area (TPSA) is 35.2 Å². The van der Waals surface area contributed by atoms with Crippen LogP contribution >= 0.6 is 11.6 Å². The second-order valence-electron chi connectivity index (χ2n) is 3.69. The zero-order valence-corrected chi connectivity index (χ0v) is 10.2. The van der Waals surface area contributed by atoms with Crippen LogP contribution in [0.5, 0.6) is 0 Å². The Hall–Kier alpha value is -0.570. The Balaban J connectivity index is 2.81. The summed E-state index contributed by atoms with van der Waals surface area (Å²) < 4.78 is 5.46. The molecule has 2 unspecified atom stereocenters. The highest BCUT2D eigenvalue weighted by Gasteiger charge is 2.15. The van der Waals surface area contributed by atoms with Gasteiger partial charge in [-0.25, -0.2) is 0 Å². The SMILES string of the molecule is CCOC(C)C(N)c1ccc(C)c(Cl)c1. The summed E-state index contributed by atoms with van der Waals surface area (Å²) in [6, 6.07) is 5.78. The molecule has 0 saturated carbocycles. The minimum absolute atomic E-state index is 0.00812. The van der Waals surface area contributed by atoms with Crippen molar-refractivity contribution in [2.24, 2.45) is 5.73 Å². The number of halogens is 1. The van der Waals surface area contributed by atoms with Crippen molar-refractivity contribution in [3.05, 3.63) is 34.3 Å². The summed E-state index contributed by atoms with van der Waals surface area (Å²) >= 11 is 6.04. The fourth-order valence-corrected chi connectivity index (χ4v) is 1.64. The summed E-state index contributed by atoms with van der Waals surface area (Å²) in [6.07, 6.45) is 0.00812. The lowest BCUT2D eigenvalue weighted by molar-refractivity contribution is 0.0574. The summed E-state index contributed by atoms with van der Waals surface area (Å²) in [5.74, 6) is 0. The van der Waals surface area contributed by atoms with Crippen LogP contribution in [0.4, 0.5) is 0 Å². The number of aryl methyl sites for hydroxylation is 1. The molecule has 0 bridgehead atoms. The highest BCUT2D eigenvalue weighted by Crippen LogP contribution is 2.22. The van der Waals surface area contributed by atoms with Gasteiger partial charge in [-0.3, -0.25) is 0 Å². The molecule has 1 rings (SSSR count). The molecule has 84 valence electrons. The molecule has 0 fully saturated rings. The van der Waals surface area contributed by atoms with E-state index >= 15 is 0 Å². The molecule has 2 nitrogen and oxygen atoms in total. The van der Waals surface area contributed by atoms with Crippen molar-refractivity contribution in [3.63, 3.8) is 0 Å². The van der Waals surface area contributed by atoms with Crippen LogP contribution < -0.4 is 5.73 Å². The molecule has 0 aliphatic heterocycles. The maximum Gasteiger partial charge on any atom is 0.0739 e. The maximum absolute atomic E-state index is 6.06. The molecule has 0 amide bonds. The molecule has 2 atom stereocenters. The first kappa shape index (κ1) is 12.5. The van der Waals surface area contributed by atoms with Crippen LogP contribution in [0.3, 0.4) is 0 Å². The normalized spacial score (nSPS) is 15.0. The van der Waals surface area contributed by atoms with Crippen LogP contribution in [0.25, 0.3) is 0 Å². The van der Waals surface area contributed by atoms with Crippen LogP contribution in [0, 0.1) is 6.92 Å². The zero-order chi connectivity index (χ0) is 11.4. The number of hydrogen-bond acceptors (Lipinski definition) is 2. The average Bonchev–Trinajstić information content (AvgIpc) is 2.21. The standard InChI is InChI=1S/C12H18ClNO/c1-4-15-9(3)12(14)10-6-5-8(2)11(13)7-10/h5-7,9,12H,4,14H2,1-3H3. The first-order valence-electron chi connectivity index (χ1n) is 5.19. The van der Waals surface area contributed by atoms with Crippen molar-refractivity contribution in [1.29, 1.82) is 0 Å². The Bertz CT molecular complexity index is 327. The Kier molecular flexibility index (Phi) is 4.58. The molecule has 2 N–H and O–H groups in total. The molecule has 1 aromatic rings.